The number of aliphatic hydroxyl groups is 1. The van der Waals surface area contributed by atoms with Crippen molar-refractivity contribution in [1.82, 2.24) is 10.6 Å². The van der Waals surface area contributed by atoms with Crippen molar-refractivity contribution in [1.29, 1.82) is 0 Å². The molecule has 6 heteroatoms. The minimum absolute atomic E-state index is 0.194. The summed E-state index contributed by atoms with van der Waals surface area (Å²) in [7, 11) is 1.65. The predicted molar refractivity (Wildman–Crippen MR) is 93.8 cm³/mol. The number of carbonyl (C=O) groups excluding carboxylic acids is 1. The van der Waals surface area contributed by atoms with E-state index in [0.29, 0.717) is 18.2 Å². The Hall–Kier alpha value is -2.08. The molecule has 2 amide bonds. The summed E-state index contributed by atoms with van der Waals surface area (Å²) in [6.45, 7) is 0.770. The fourth-order valence-corrected chi connectivity index (χ4v) is 2.37. The molecular formula is C18H21ClN2O3. The number of amides is 2. The van der Waals surface area contributed by atoms with Gasteiger partial charge in [-0.25, -0.2) is 4.79 Å². The SMILES string of the molecule is COCc1ccc(CNC(=O)NC(CO)c2ccc(Cl)cc2)cc1. The van der Waals surface area contributed by atoms with Gasteiger partial charge in [-0.1, -0.05) is 48.0 Å². The maximum atomic E-state index is 12.0. The van der Waals surface area contributed by atoms with Gasteiger partial charge < -0.3 is 20.5 Å². The monoisotopic (exact) mass is 348 g/mol. The molecular weight excluding hydrogens is 328 g/mol. The average molecular weight is 349 g/mol. The smallest absolute Gasteiger partial charge is 0.315 e. The Morgan fingerprint density at radius 3 is 2.33 bits per heavy atom. The number of hydrogen-bond acceptors (Lipinski definition) is 3. The highest BCUT2D eigenvalue weighted by Crippen LogP contribution is 2.16. The van der Waals surface area contributed by atoms with Crippen LogP contribution in [0.15, 0.2) is 48.5 Å². The summed E-state index contributed by atoms with van der Waals surface area (Å²) in [4.78, 5) is 12.0. The Morgan fingerprint density at radius 2 is 1.75 bits per heavy atom. The first-order valence-electron chi connectivity index (χ1n) is 7.60. The fourth-order valence-electron chi connectivity index (χ4n) is 2.24. The second-order valence-electron chi connectivity index (χ2n) is 5.36. The van der Waals surface area contributed by atoms with Crippen LogP contribution < -0.4 is 10.6 Å². The van der Waals surface area contributed by atoms with Crippen LogP contribution in [0.3, 0.4) is 0 Å². The summed E-state index contributed by atoms with van der Waals surface area (Å²) >= 11 is 5.84. The predicted octanol–water partition coefficient (Wildman–Crippen LogP) is 3.02. The molecule has 2 aromatic carbocycles. The molecule has 0 aliphatic rings. The summed E-state index contributed by atoms with van der Waals surface area (Å²) in [6.07, 6.45) is 0. The summed E-state index contributed by atoms with van der Waals surface area (Å²) in [5, 5.41) is 15.6. The third-order valence-electron chi connectivity index (χ3n) is 3.55. The molecule has 0 bridgehead atoms. The molecule has 0 fully saturated rings. The average Bonchev–Trinajstić information content (AvgIpc) is 2.60. The summed E-state index contributed by atoms with van der Waals surface area (Å²) in [5.74, 6) is 0. The zero-order valence-electron chi connectivity index (χ0n) is 13.5. The van der Waals surface area contributed by atoms with Gasteiger partial charge in [-0.05, 0) is 28.8 Å². The van der Waals surface area contributed by atoms with Crippen LogP contribution in [-0.4, -0.2) is 24.9 Å². The molecule has 2 aromatic rings. The number of rotatable bonds is 7. The van der Waals surface area contributed by atoms with Crippen LogP contribution in [0, 0.1) is 0 Å². The van der Waals surface area contributed by atoms with E-state index in [4.69, 9.17) is 16.3 Å². The number of benzene rings is 2. The van der Waals surface area contributed by atoms with E-state index in [2.05, 4.69) is 10.6 Å². The highest BCUT2D eigenvalue weighted by atomic mass is 35.5. The van der Waals surface area contributed by atoms with E-state index < -0.39 is 6.04 Å². The lowest BCUT2D eigenvalue weighted by atomic mass is 10.1. The van der Waals surface area contributed by atoms with E-state index in [1.807, 2.05) is 24.3 Å². The number of aliphatic hydroxyl groups excluding tert-OH is 1. The zero-order chi connectivity index (χ0) is 17.4. The van der Waals surface area contributed by atoms with Crippen molar-refractivity contribution in [3.8, 4) is 0 Å². The molecule has 0 aliphatic heterocycles. The Morgan fingerprint density at radius 1 is 1.12 bits per heavy atom. The molecule has 5 nitrogen and oxygen atoms in total. The molecule has 0 saturated heterocycles. The van der Waals surface area contributed by atoms with E-state index in [1.54, 1.807) is 31.4 Å². The largest absolute Gasteiger partial charge is 0.394 e. The van der Waals surface area contributed by atoms with Crippen molar-refractivity contribution >= 4 is 17.6 Å². The molecule has 0 spiro atoms. The summed E-state index contributed by atoms with van der Waals surface area (Å²) in [5.41, 5.74) is 2.85. The first-order chi connectivity index (χ1) is 11.6. The molecule has 0 radical (unpaired) electrons. The van der Waals surface area contributed by atoms with Crippen LogP contribution in [0.2, 0.25) is 5.02 Å². The van der Waals surface area contributed by atoms with Gasteiger partial charge in [0.05, 0.1) is 19.3 Å². The first-order valence-corrected chi connectivity index (χ1v) is 7.97. The van der Waals surface area contributed by atoms with Gasteiger partial charge in [-0.15, -0.1) is 0 Å². The van der Waals surface area contributed by atoms with Crippen molar-refractivity contribution in [2.24, 2.45) is 0 Å². The van der Waals surface area contributed by atoms with Crippen LogP contribution in [0.25, 0.3) is 0 Å². The van der Waals surface area contributed by atoms with Gasteiger partial charge in [0.1, 0.15) is 0 Å². The zero-order valence-corrected chi connectivity index (χ0v) is 14.2. The lowest BCUT2D eigenvalue weighted by Crippen LogP contribution is -2.38. The van der Waals surface area contributed by atoms with Crippen LogP contribution >= 0.6 is 11.6 Å². The van der Waals surface area contributed by atoms with Crippen LogP contribution in [0.1, 0.15) is 22.7 Å². The van der Waals surface area contributed by atoms with E-state index in [-0.39, 0.29) is 12.6 Å². The van der Waals surface area contributed by atoms with Gasteiger partial charge in [-0.2, -0.15) is 0 Å². The lowest BCUT2D eigenvalue weighted by Gasteiger charge is -2.17. The number of carbonyl (C=O) groups is 1. The van der Waals surface area contributed by atoms with Crippen molar-refractivity contribution in [3.05, 3.63) is 70.2 Å². The summed E-state index contributed by atoms with van der Waals surface area (Å²) < 4.78 is 5.06. The van der Waals surface area contributed by atoms with E-state index in [1.165, 1.54) is 0 Å². The van der Waals surface area contributed by atoms with Crippen molar-refractivity contribution in [3.63, 3.8) is 0 Å². The topological polar surface area (TPSA) is 70.6 Å². The molecule has 0 aliphatic carbocycles. The quantitative estimate of drug-likeness (QED) is 0.720. The van der Waals surface area contributed by atoms with Gasteiger partial charge >= 0.3 is 6.03 Å². The molecule has 24 heavy (non-hydrogen) atoms. The number of nitrogens with one attached hydrogen (secondary N) is 2. The highest BCUT2D eigenvalue weighted by Gasteiger charge is 2.13. The maximum Gasteiger partial charge on any atom is 0.315 e. The van der Waals surface area contributed by atoms with Gasteiger partial charge in [0.15, 0.2) is 0 Å². The van der Waals surface area contributed by atoms with Gasteiger partial charge in [0.25, 0.3) is 0 Å². The second kappa shape index (κ2) is 9.27. The van der Waals surface area contributed by atoms with Crippen LogP contribution in [0.5, 0.6) is 0 Å². The van der Waals surface area contributed by atoms with Gasteiger partial charge in [-0.3, -0.25) is 0 Å². The number of ether oxygens (including phenoxy) is 1. The Kier molecular flexibility index (Phi) is 7.06. The van der Waals surface area contributed by atoms with Crippen LogP contribution in [0.4, 0.5) is 4.79 Å². The third kappa shape index (κ3) is 5.53. The molecule has 1 unspecified atom stereocenters. The van der Waals surface area contributed by atoms with Crippen molar-refractivity contribution in [2.45, 2.75) is 19.2 Å². The molecule has 2 rings (SSSR count). The number of hydrogen-bond donors (Lipinski definition) is 3. The minimum Gasteiger partial charge on any atom is -0.394 e. The van der Waals surface area contributed by atoms with Gasteiger partial charge in [0, 0.05) is 18.7 Å². The molecule has 0 saturated carbocycles. The number of halogens is 1. The third-order valence-corrected chi connectivity index (χ3v) is 3.80. The summed E-state index contributed by atoms with van der Waals surface area (Å²) in [6, 6.07) is 14.0. The molecule has 0 aromatic heterocycles. The van der Waals surface area contributed by atoms with E-state index in [9.17, 15) is 9.90 Å². The normalized spacial score (nSPS) is 11.8. The molecule has 3 N–H and O–H groups in total. The molecule has 128 valence electrons. The van der Waals surface area contributed by atoms with Crippen LogP contribution in [-0.2, 0) is 17.9 Å². The van der Waals surface area contributed by atoms with Crippen molar-refractivity contribution < 1.29 is 14.6 Å². The Balaban J connectivity index is 1.86. The van der Waals surface area contributed by atoms with Gasteiger partial charge in [0.2, 0.25) is 0 Å². The van der Waals surface area contributed by atoms with E-state index >= 15 is 0 Å². The minimum atomic E-state index is -0.480. The second-order valence-corrected chi connectivity index (χ2v) is 5.80. The fraction of sp³-hybridized carbons (Fsp3) is 0.278. The standard InChI is InChI=1S/C18H21ClN2O3/c1-24-12-14-4-2-13(3-5-14)10-20-18(23)21-17(11-22)15-6-8-16(19)9-7-15/h2-9,17,22H,10-12H2,1H3,(H2,20,21,23). The Bertz CT molecular complexity index is 644. The number of methoxy groups -OCH3 is 1. The number of urea groups is 1. The van der Waals surface area contributed by atoms with Crippen molar-refractivity contribution in [2.75, 3.05) is 13.7 Å². The molecule has 1 atom stereocenters. The lowest BCUT2D eigenvalue weighted by molar-refractivity contribution is 0.185. The first kappa shape index (κ1) is 18.3. The highest BCUT2D eigenvalue weighted by molar-refractivity contribution is 6.30. The van der Waals surface area contributed by atoms with E-state index in [0.717, 1.165) is 16.7 Å². The molecule has 0 heterocycles. The Labute approximate surface area is 146 Å². The maximum absolute atomic E-state index is 12.0.